The zero-order chi connectivity index (χ0) is 23.1. The molecule has 0 unspecified atom stereocenters. The fraction of sp³-hybridized carbons (Fsp3) is 0.231. The molecule has 8 nitrogen and oxygen atoms in total. The van der Waals surface area contributed by atoms with E-state index < -0.39 is 5.54 Å². The molecule has 0 atom stereocenters. The predicted molar refractivity (Wildman–Crippen MR) is 129 cm³/mol. The van der Waals surface area contributed by atoms with Gasteiger partial charge in [-0.3, -0.25) is 14.7 Å². The normalized spacial score (nSPS) is 16.8. The molecule has 6 rings (SSSR count). The van der Waals surface area contributed by atoms with Crippen molar-refractivity contribution in [2.75, 3.05) is 18.4 Å². The van der Waals surface area contributed by atoms with E-state index in [4.69, 9.17) is 0 Å². The highest BCUT2D eigenvalue weighted by molar-refractivity contribution is 5.88. The Labute approximate surface area is 196 Å². The summed E-state index contributed by atoms with van der Waals surface area (Å²) >= 11 is 0. The zero-order valence-corrected chi connectivity index (χ0v) is 18.6. The van der Waals surface area contributed by atoms with Crippen LogP contribution in [0.2, 0.25) is 0 Å². The summed E-state index contributed by atoms with van der Waals surface area (Å²) in [5, 5.41) is 7.18. The number of piperidine rings is 1. The minimum absolute atomic E-state index is 0.0458. The summed E-state index contributed by atoms with van der Waals surface area (Å²) in [4.78, 5) is 36.0. The highest BCUT2D eigenvalue weighted by Crippen LogP contribution is 2.37. The number of carbonyl (C=O) groups excluding carboxylic acids is 2. The Morgan fingerprint density at radius 3 is 2.68 bits per heavy atom. The molecule has 8 heteroatoms. The average molecular weight is 453 g/mol. The zero-order valence-electron chi connectivity index (χ0n) is 18.6. The molecule has 1 fully saturated rings. The van der Waals surface area contributed by atoms with Crippen LogP contribution in [0.3, 0.4) is 0 Å². The number of likely N-dealkylation sites (tertiary alicyclic amines) is 1. The van der Waals surface area contributed by atoms with Gasteiger partial charge in [-0.15, -0.1) is 0 Å². The number of rotatable bonds is 2. The van der Waals surface area contributed by atoms with Gasteiger partial charge in [0.15, 0.2) is 5.82 Å². The number of pyridine rings is 1. The molecule has 2 aliphatic rings. The smallest absolute Gasteiger partial charge is 0.323 e. The van der Waals surface area contributed by atoms with Gasteiger partial charge in [-0.25, -0.2) is 14.8 Å². The molecule has 2 aromatic carbocycles. The van der Waals surface area contributed by atoms with E-state index in [1.807, 2.05) is 54.6 Å². The van der Waals surface area contributed by atoms with Crippen LogP contribution in [0.25, 0.3) is 16.7 Å². The topological polar surface area (TPSA) is 92.2 Å². The molecule has 0 aliphatic carbocycles. The van der Waals surface area contributed by atoms with Crippen molar-refractivity contribution in [3.8, 4) is 5.82 Å². The van der Waals surface area contributed by atoms with Gasteiger partial charge in [-0.05, 0) is 42.2 Å². The molecule has 0 bridgehead atoms. The number of imidazole rings is 1. The number of para-hydroxylation sites is 1. The Morgan fingerprint density at radius 2 is 1.79 bits per heavy atom. The summed E-state index contributed by atoms with van der Waals surface area (Å²) in [5.74, 6) is 1.25. The molecule has 2 aromatic heterocycles. The maximum Gasteiger partial charge on any atom is 0.323 e. The van der Waals surface area contributed by atoms with Crippen molar-refractivity contribution in [2.24, 2.45) is 0 Å². The number of hydrogen-bond donors (Lipinski definition) is 2. The number of fused-ring (bicyclic) bond motifs is 3. The monoisotopic (exact) mass is 452 g/mol. The van der Waals surface area contributed by atoms with Crippen LogP contribution in [-0.4, -0.2) is 44.5 Å². The summed E-state index contributed by atoms with van der Waals surface area (Å²) in [6.07, 6.45) is 5.18. The SMILES string of the molecule is O=C1Cc2ccccc2C2(CCN(C(=O)Nc3cn(-c4ccc5ccccc5n4)cn3)CC2)N1. The molecule has 170 valence electrons. The molecule has 3 amide bonds. The fourth-order valence-electron chi connectivity index (χ4n) is 5.08. The average Bonchev–Trinajstić information content (AvgIpc) is 3.32. The number of anilines is 1. The van der Waals surface area contributed by atoms with Gasteiger partial charge in [0.2, 0.25) is 5.91 Å². The van der Waals surface area contributed by atoms with Crippen molar-refractivity contribution in [1.29, 1.82) is 0 Å². The molecule has 2 aliphatic heterocycles. The quantitative estimate of drug-likeness (QED) is 0.486. The third-order valence-electron chi connectivity index (χ3n) is 6.83. The minimum Gasteiger partial charge on any atom is -0.346 e. The van der Waals surface area contributed by atoms with E-state index in [2.05, 4.69) is 26.7 Å². The van der Waals surface area contributed by atoms with Crippen LogP contribution >= 0.6 is 0 Å². The van der Waals surface area contributed by atoms with Crippen molar-refractivity contribution in [3.63, 3.8) is 0 Å². The summed E-state index contributed by atoms with van der Waals surface area (Å²) in [6, 6.07) is 19.8. The molecule has 4 heterocycles. The van der Waals surface area contributed by atoms with Gasteiger partial charge in [-0.1, -0.05) is 42.5 Å². The van der Waals surface area contributed by atoms with Crippen LogP contribution in [0.5, 0.6) is 0 Å². The number of nitrogens with one attached hydrogen (secondary N) is 2. The van der Waals surface area contributed by atoms with E-state index in [0.29, 0.717) is 38.2 Å². The molecule has 0 radical (unpaired) electrons. The van der Waals surface area contributed by atoms with E-state index in [0.717, 1.165) is 22.3 Å². The summed E-state index contributed by atoms with van der Waals surface area (Å²) in [5.41, 5.74) is 2.76. The van der Waals surface area contributed by atoms with E-state index in [-0.39, 0.29) is 11.9 Å². The standard InChI is InChI=1S/C26H24N6O2/c33-24-15-19-6-1-3-7-20(19)26(30-24)11-13-31(14-12-26)25(34)29-22-16-32(17-27-22)23-10-9-18-5-2-4-8-21(18)28-23/h1-10,16-17H,11-15H2,(H,29,34)(H,30,33). The number of urea groups is 1. The number of benzene rings is 2. The first-order valence-electron chi connectivity index (χ1n) is 11.5. The van der Waals surface area contributed by atoms with Crippen molar-refractivity contribution >= 4 is 28.7 Å². The summed E-state index contributed by atoms with van der Waals surface area (Å²) in [6.45, 7) is 1.10. The lowest BCUT2D eigenvalue weighted by Gasteiger charge is -2.45. The highest BCUT2D eigenvalue weighted by Gasteiger charge is 2.42. The lowest BCUT2D eigenvalue weighted by Crippen LogP contribution is -2.57. The third-order valence-corrected chi connectivity index (χ3v) is 6.83. The van der Waals surface area contributed by atoms with Crippen LogP contribution < -0.4 is 10.6 Å². The van der Waals surface area contributed by atoms with Crippen LogP contribution in [0, 0.1) is 0 Å². The van der Waals surface area contributed by atoms with Gasteiger partial charge >= 0.3 is 6.03 Å². The lowest BCUT2D eigenvalue weighted by atomic mass is 9.76. The first-order chi connectivity index (χ1) is 16.6. The second-order valence-electron chi connectivity index (χ2n) is 8.91. The van der Waals surface area contributed by atoms with E-state index in [1.165, 1.54) is 5.56 Å². The van der Waals surface area contributed by atoms with Crippen molar-refractivity contribution < 1.29 is 9.59 Å². The van der Waals surface area contributed by atoms with Crippen LogP contribution in [0.1, 0.15) is 24.0 Å². The second kappa shape index (κ2) is 7.98. The minimum atomic E-state index is -0.397. The first-order valence-corrected chi connectivity index (χ1v) is 11.5. The van der Waals surface area contributed by atoms with Crippen molar-refractivity contribution in [3.05, 3.63) is 84.3 Å². The van der Waals surface area contributed by atoms with Gasteiger partial charge in [-0.2, -0.15) is 0 Å². The van der Waals surface area contributed by atoms with Crippen molar-refractivity contribution in [2.45, 2.75) is 24.8 Å². The van der Waals surface area contributed by atoms with Crippen molar-refractivity contribution in [1.82, 2.24) is 24.8 Å². The first kappa shape index (κ1) is 20.4. The molecular weight excluding hydrogens is 428 g/mol. The van der Waals surface area contributed by atoms with Gasteiger partial charge < -0.3 is 10.2 Å². The third kappa shape index (κ3) is 3.57. The molecule has 2 N–H and O–H groups in total. The lowest BCUT2D eigenvalue weighted by molar-refractivity contribution is -0.123. The van der Waals surface area contributed by atoms with Gasteiger partial charge in [0, 0.05) is 18.5 Å². The van der Waals surface area contributed by atoms with E-state index in [9.17, 15) is 9.59 Å². The van der Waals surface area contributed by atoms with Gasteiger partial charge in [0.1, 0.15) is 12.1 Å². The Hall–Kier alpha value is -4.20. The molecule has 4 aromatic rings. The molecule has 1 saturated heterocycles. The van der Waals surface area contributed by atoms with Crippen LogP contribution in [0.4, 0.5) is 10.6 Å². The summed E-state index contributed by atoms with van der Waals surface area (Å²) < 4.78 is 1.79. The highest BCUT2D eigenvalue weighted by atomic mass is 16.2. The Bertz CT molecular complexity index is 1400. The molecular formula is C26H24N6O2. The summed E-state index contributed by atoms with van der Waals surface area (Å²) in [7, 11) is 0. The number of amides is 3. The van der Waals surface area contributed by atoms with Gasteiger partial charge in [0.25, 0.3) is 0 Å². The number of nitrogens with zero attached hydrogens (tertiary/aromatic N) is 4. The molecule has 1 spiro atoms. The van der Waals surface area contributed by atoms with E-state index in [1.54, 1.807) is 22.0 Å². The Morgan fingerprint density at radius 1 is 1.00 bits per heavy atom. The van der Waals surface area contributed by atoms with Crippen LogP contribution in [0.15, 0.2) is 73.2 Å². The predicted octanol–water partition coefficient (Wildman–Crippen LogP) is 3.62. The van der Waals surface area contributed by atoms with Gasteiger partial charge in [0.05, 0.1) is 23.7 Å². The molecule has 0 saturated carbocycles. The number of aromatic nitrogens is 3. The maximum atomic E-state index is 12.9. The Balaban J connectivity index is 1.14. The Kier molecular flexibility index (Phi) is 4.79. The molecule has 34 heavy (non-hydrogen) atoms. The van der Waals surface area contributed by atoms with Crippen LogP contribution in [-0.2, 0) is 16.8 Å². The number of hydrogen-bond acceptors (Lipinski definition) is 4. The van der Waals surface area contributed by atoms with E-state index >= 15 is 0 Å². The number of carbonyl (C=O) groups is 2. The largest absolute Gasteiger partial charge is 0.346 e. The maximum absolute atomic E-state index is 12.9. The second-order valence-corrected chi connectivity index (χ2v) is 8.91. The fourth-order valence-corrected chi connectivity index (χ4v) is 5.08.